The normalized spacial score (nSPS) is 14.4. The Labute approximate surface area is 243 Å². The van der Waals surface area contributed by atoms with E-state index in [4.69, 9.17) is 21.4 Å². The van der Waals surface area contributed by atoms with Gasteiger partial charge in [-0.3, -0.25) is 4.79 Å². The molecule has 1 fully saturated rings. The van der Waals surface area contributed by atoms with Crippen molar-refractivity contribution < 1.29 is 27.1 Å². The van der Waals surface area contributed by atoms with E-state index in [1.54, 1.807) is 55.3 Å². The summed E-state index contributed by atoms with van der Waals surface area (Å²) in [5.41, 5.74) is 2.12. The maximum Gasteiger partial charge on any atom is 0.422 e. The Hall–Kier alpha value is -3.48. The van der Waals surface area contributed by atoms with Gasteiger partial charge in [-0.15, -0.1) is 0 Å². The van der Waals surface area contributed by atoms with Crippen LogP contribution in [0.5, 0.6) is 0 Å². The number of carbonyl (C=O) groups is 2. The van der Waals surface area contributed by atoms with Crippen molar-refractivity contribution in [2.45, 2.75) is 71.1 Å². The Bertz CT molecular complexity index is 1550. The minimum atomic E-state index is -4.29. The molecule has 220 valence electrons. The predicted molar refractivity (Wildman–Crippen MR) is 152 cm³/mol. The minimum Gasteiger partial charge on any atom is -0.443 e. The summed E-state index contributed by atoms with van der Waals surface area (Å²) in [6.07, 6.45) is 1.01. The van der Waals surface area contributed by atoms with Gasteiger partial charge < -0.3 is 10.1 Å². The van der Waals surface area contributed by atoms with E-state index in [0.29, 0.717) is 16.5 Å². The highest BCUT2D eigenvalue weighted by Crippen LogP contribution is 2.39. The van der Waals surface area contributed by atoms with Gasteiger partial charge in [0.2, 0.25) is 5.91 Å². The van der Waals surface area contributed by atoms with Crippen LogP contribution in [0.1, 0.15) is 74.9 Å². The molecule has 4 rings (SSSR count). The van der Waals surface area contributed by atoms with Crippen molar-refractivity contribution in [1.82, 2.24) is 24.5 Å². The number of ether oxygens (including phenoxy) is 1. The first-order chi connectivity index (χ1) is 19.2. The topological polar surface area (TPSA) is 131 Å². The van der Waals surface area contributed by atoms with E-state index in [-0.39, 0.29) is 18.0 Å². The van der Waals surface area contributed by atoms with Gasteiger partial charge >= 0.3 is 16.3 Å². The molecular formula is C28H33ClFN5O5S. The lowest BCUT2D eigenvalue weighted by Crippen LogP contribution is -2.42. The second-order valence-corrected chi connectivity index (χ2v) is 12.9. The molecule has 1 heterocycles. The van der Waals surface area contributed by atoms with Crippen molar-refractivity contribution in [2.24, 2.45) is 0 Å². The molecule has 0 bridgehead atoms. The van der Waals surface area contributed by atoms with E-state index in [0.717, 1.165) is 29.9 Å². The number of benzene rings is 2. The van der Waals surface area contributed by atoms with E-state index in [9.17, 15) is 22.4 Å². The van der Waals surface area contributed by atoms with Gasteiger partial charge in [-0.05, 0) is 76.4 Å². The monoisotopic (exact) mass is 605 g/mol. The number of hydrogen-bond acceptors (Lipinski definition) is 6. The Kier molecular flexibility index (Phi) is 9.05. The molecule has 0 radical (unpaired) electrons. The highest BCUT2D eigenvalue weighted by atomic mass is 35.5. The van der Waals surface area contributed by atoms with Gasteiger partial charge in [-0.2, -0.15) is 18.2 Å². The lowest BCUT2D eigenvalue weighted by molar-refractivity contribution is -0.122. The highest BCUT2D eigenvalue weighted by Gasteiger charge is 2.28. The van der Waals surface area contributed by atoms with Crippen LogP contribution in [0.3, 0.4) is 0 Å². The lowest BCUT2D eigenvalue weighted by Gasteiger charge is -2.19. The van der Waals surface area contributed by atoms with Crippen molar-refractivity contribution >= 4 is 33.8 Å². The van der Waals surface area contributed by atoms with Gasteiger partial charge in [-0.25, -0.2) is 18.6 Å². The summed E-state index contributed by atoms with van der Waals surface area (Å²) in [5.74, 6) is -1.28. The summed E-state index contributed by atoms with van der Waals surface area (Å²) in [6, 6.07) is 13.4. The molecule has 1 aliphatic carbocycles. The molecule has 1 aromatic heterocycles. The zero-order valence-corrected chi connectivity index (χ0v) is 24.8. The Morgan fingerprint density at radius 3 is 2.51 bits per heavy atom. The van der Waals surface area contributed by atoms with Crippen LogP contribution in [-0.2, 0) is 32.8 Å². The van der Waals surface area contributed by atoms with Crippen LogP contribution in [-0.4, -0.2) is 35.8 Å². The fraction of sp³-hybridized carbons (Fsp3) is 0.393. The van der Waals surface area contributed by atoms with Crippen molar-refractivity contribution in [1.29, 1.82) is 0 Å². The lowest BCUT2D eigenvalue weighted by atomic mass is 9.98. The first kappa shape index (κ1) is 30.5. The molecule has 3 aromatic rings. The molecule has 1 aliphatic rings. The van der Waals surface area contributed by atoms with Gasteiger partial charge in [0.15, 0.2) is 0 Å². The molecule has 41 heavy (non-hydrogen) atoms. The molecule has 3 N–H and O–H groups in total. The molecule has 1 unspecified atom stereocenters. The summed E-state index contributed by atoms with van der Waals surface area (Å²) in [4.78, 5) is 24.7. The quantitative estimate of drug-likeness (QED) is 0.304. The standard InChI is InChI=1S/C28H33ClFN5O5S/c1-17(19-10-11-20(24(30)12-19)15-32-41(38,39)34-27(37)40-28(2,3)4)26(36)31-16-23-14-25(18-8-9-18)33-35(23)22-7-5-6-21(29)13-22/h5-7,10-14,17-18,32H,8-9,15-16H2,1-4H3,(H,31,36)(H,34,37). The van der Waals surface area contributed by atoms with Gasteiger partial charge in [-0.1, -0.05) is 29.8 Å². The predicted octanol–water partition coefficient (Wildman–Crippen LogP) is 4.82. The Morgan fingerprint density at radius 2 is 1.88 bits per heavy atom. The Balaban J connectivity index is 1.37. The largest absolute Gasteiger partial charge is 0.443 e. The summed E-state index contributed by atoms with van der Waals surface area (Å²) < 4.78 is 49.6. The molecule has 13 heteroatoms. The third-order valence-corrected chi connectivity index (χ3v) is 7.53. The average molecular weight is 606 g/mol. The number of nitrogens with zero attached hydrogens (tertiary/aromatic N) is 2. The first-order valence-corrected chi connectivity index (χ1v) is 15.0. The summed E-state index contributed by atoms with van der Waals surface area (Å²) in [6.45, 7) is 6.22. The molecule has 0 spiro atoms. The van der Waals surface area contributed by atoms with Gasteiger partial charge in [0.25, 0.3) is 0 Å². The Morgan fingerprint density at radius 1 is 1.15 bits per heavy atom. The van der Waals surface area contributed by atoms with Gasteiger partial charge in [0.05, 0.1) is 29.5 Å². The third-order valence-electron chi connectivity index (χ3n) is 6.33. The number of carbonyl (C=O) groups excluding carboxylic acids is 2. The van der Waals surface area contributed by atoms with Crippen LogP contribution in [0.15, 0.2) is 48.5 Å². The number of rotatable bonds is 10. The summed E-state index contributed by atoms with van der Waals surface area (Å²) in [5, 5.41) is 8.22. The van der Waals surface area contributed by atoms with Crippen molar-refractivity contribution in [3.8, 4) is 5.69 Å². The molecular weight excluding hydrogens is 573 g/mol. The zero-order valence-electron chi connectivity index (χ0n) is 23.2. The van der Waals surface area contributed by atoms with E-state index in [1.165, 1.54) is 12.1 Å². The number of halogens is 2. The number of nitrogens with one attached hydrogen (secondary N) is 3. The smallest absolute Gasteiger partial charge is 0.422 e. The van der Waals surface area contributed by atoms with Gasteiger partial charge in [0.1, 0.15) is 11.4 Å². The van der Waals surface area contributed by atoms with Crippen LogP contribution in [0, 0.1) is 5.82 Å². The number of aromatic nitrogens is 2. The van der Waals surface area contributed by atoms with Gasteiger partial charge in [0, 0.05) is 23.0 Å². The molecule has 1 atom stereocenters. The van der Waals surface area contributed by atoms with E-state index < -0.39 is 40.2 Å². The fourth-order valence-electron chi connectivity index (χ4n) is 4.05. The first-order valence-electron chi connectivity index (χ1n) is 13.1. The highest BCUT2D eigenvalue weighted by molar-refractivity contribution is 7.88. The second-order valence-electron chi connectivity index (χ2n) is 10.9. The van der Waals surface area contributed by atoms with Crippen molar-refractivity contribution in [3.05, 3.63) is 81.9 Å². The summed E-state index contributed by atoms with van der Waals surface area (Å²) in [7, 11) is -4.29. The fourth-order valence-corrected chi connectivity index (χ4v) is 4.92. The maximum atomic E-state index is 14.8. The maximum absolute atomic E-state index is 14.8. The molecule has 10 nitrogen and oxygen atoms in total. The zero-order chi connectivity index (χ0) is 29.9. The van der Waals surface area contributed by atoms with E-state index in [1.807, 2.05) is 18.2 Å². The average Bonchev–Trinajstić information content (AvgIpc) is 3.63. The van der Waals surface area contributed by atoms with Crippen molar-refractivity contribution in [3.63, 3.8) is 0 Å². The second kappa shape index (κ2) is 12.2. The van der Waals surface area contributed by atoms with Crippen LogP contribution >= 0.6 is 11.6 Å². The van der Waals surface area contributed by atoms with E-state index in [2.05, 4.69) is 10.0 Å². The minimum absolute atomic E-state index is 0.0361. The number of amides is 2. The molecule has 2 aromatic carbocycles. The van der Waals surface area contributed by atoms with Crippen LogP contribution < -0.4 is 14.8 Å². The molecule has 0 aliphatic heterocycles. The van der Waals surface area contributed by atoms with Crippen LogP contribution in [0.2, 0.25) is 5.02 Å². The molecule has 2 amide bonds. The third kappa shape index (κ3) is 8.51. The van der Waals surface area contributed by atoms with E-state index >= 15 is 0 Å². The summed E-state index contributed by atoms with van der Waals surface area (Å²) >= 11 is 6.18. The molecule has 1 saturated carbocycles. The van der Waals surface area contributed by atoms with Crippen LogP contribution in [0.4, 0.5) is 9.18 Å². The number of hydrogen-bond donors (Lipinski definition) is 3. The SMILES string of the molecule is CC(C(=O)NCc1cc(C2CC2)nn1-c1cccc(Cl)c1)c1ccc(CNS(=O)(=O)NC(=O)OC(C)(C)C)c(F)c1. The van der Waals surface area contributed by atoms with Crippen molar-refractivity contribution in [2.75, 3.05) is 0 Å². The molecule has 0 saturated heterocycles. The van der Waals surface area contributed by atoms with Crippen LogP contribution in [0.25, 0.3) is 5.69 Å².